The first-order valence-electron chi connectivity index (χ1n) is 5.70. The first-order chi connectivity index (χ1) is 8.63. The molecule has 0 aliphatic carbocycles. The van der Waals surface area contributed by atoms with Gasteiger partial charge in [0.15, 0.2) is 0 Å². The van der Waals surface area contributed by atoms with Crippen LogP contribution in [0.2, 0.25) is 0 Å². The molecule has 0 saturated carbocycles. The molecule has 18 heavy (non-hydrogen) atoms. The SMILES string of the molecule is COC(=O)c1cc(C)ccc1N(CCCl)CCCl. The average molecular weight is 290 g/mol. The second-order valence-corrected chi connectivity index (χ2v) is 4.63. The molecular weight excluding hydrogens is 273 g/mol. The summed E-state index contributed by atoms with van der Waals surface area (Å²) in [6, 6.07) is 5.68. The maximum atomic E-state index is 11.8. The van der Waals surface area contributed by atoms with Crippen LogP contribution in [0, 0.1) is 6.92 Å². The summed E-state index contributed by atoms with van der Waals surface area (Å²) in [7, 11) is 1.38. The summed E-state index contributed by atoms with van der Waals surface area (Å²) in [6.07, 6.45) is 0. The van der Waals surface area contributed by atoms with Crippen molar-refractivity contribution in [2.75, 3.05) is 36.9 Å². The average Bonchev–Trinajstić information content (AvgIpc) is 2.37. The van der Waals surface area contributed by atoms with E-state index in [9.17, 15) is 4.79 Å². The largest absolute Gasteiger partial charge is 0.465 e. The van der Waals surface area contributed by atoms with Crippen LogP contribution >= 0.6 is 23.2 Å². The van der Waals surface area contributed by atoms with Crippen molar-refractivity contribution in [2.24, 2.45) is 0 Å². The number of rotatable bonds is 6. The third-order valence-corrected chi connectivity index (χ3v) is 2.94. The van der Waals surface area contributed by atoms with Gasteiger partial charge in [-0.15, -0.1) is 23.2 Å². The molecule has 100 valence electrons. The Hall–Kier alpha value is -0.930. The monoisotopic (exact) mass is 289 g/mol. The fourth-order valence-corrected chi connectivity index (χ4v) is 2.16. The molecule has 0 N–H and O–H groups in total. The summed E-state index contributed by atoms with van der Waals surface area (Å²) in [4.78, 5) is 13.8. The van der Waals surface area contributed by atoms with Gasteiger partial charge >= 0.3 is 5.97 Å². The van der Waals surface area contributed by atoms with Crippen molar-refractivity contribution in [3.63, 3.8) is 0 Å². The van der Waals surface area contributed by atoms with E-state index < -0.39 is 0 Å². The fraction of sp³-hybridized carbons (Fsp3) is 0.462. The van der Waals surface area contributed by atoms with Crippen LogP contribution in [0.15, 0.2) is 18.2 Å². The minimum atomic E-state index is -0.345. The van der Waals surface area contributed by atoms with Gasteiger partial charge in [0.05, 0.1) is 18.4 Å². The van der Waals surface area contributed by atoms with Crippen LogP contribution in [-0.4, -0.2) is 37.9 Å². The standard InChI is InChI=1S/C13H17Cl2NO2/c1-10-3-4-12(11(9-10)13(17)18-2)16(7-5-14)8-6-15/h3-4,9H,5-8H2,1-2H3. The molecule has 1 aromatic carbocycles. The normalized spacial score (nSPS) is 10.2. The van der Waals surface area contributed by atoms with Gasteiger partial charge < -0.3 is 9.64 Å². The number of hydrogen-bond donors (Lipinski definition) is 0. The van der Waals surface area contributed by atoms with Gasteiger partial charge in [0.1, 0.15) is 0 Å². The Labute approximate surface area is 118 Å². The summed E-state index contributed by atoms with van der Waals surface area (Å²) < 4.78 is 4.81. The number of esters is 1. The Bertz CT molecular complexity index is 404. The van der Waals surface area contributed by atoms with Gasteiger partial charge in [-0.25, -0.2) is 4.79 Å². The van der Waals surface area contributed by atoms with Gasteiger partial charge in [-0.1, -0.05) is 11.6 Å². The van der Waals surface area contributed by atoms with E-state index in [1.54, 1.807) is 0 Å². The fourth-order valence-electron chi connectivity index (χ4n) is 1.76. The van der Waals surface area contributed by atoms with E-state index in [0.717, 1.165) is 11.3 Å². The topological polar surface area (TPSA) is 29.5 Å². The Morgan fingerprint density at radius 3 is 2.39 bits per heavy atom. The van der Waals surface area contributed by atoms with Gasteiger partial charge in [-0.2, -0.15) is 0 Å². The van der Waals surface area contributed by atoms with E-state index >= 15 is 0 Å². The predicted molar refractivity (Wildman–Crippen MR) is 76.2 cm³/mol. The lowest BCUT2D eigenvalue weighted by atomic mass is 10.1. The molecule has 1 rings (SSSR count). The van der Waals surface area contributed by atoms with E-state index in [4.69, 9.17) is 27.9 Å². The van der Waals surface area contributed by atoms with Gasteiger partial charge in [-0.05, 0) is 19.1 Å². The summed E-state index contributed by atoms with van der Waals surface area (Å²) in [6.45, 7) is 3.21. The van der Waals surface area contributed by atoms with Gasteiger partial charge in [-0.3, -0.25) is 0 Å². The van der Waals surface area contributed by atoms with Crippen LogP contribution in [0.4, 0.5) is 5.69 Å². The number of aryl methyl sites for hydroxylation is 1. The highest BCUT2D eigenvalue weighted by atomic mass is 35.5. The lowest BCUT2D eigenvalue weighted by molar-refractivity contribution is 0.0601. The lowest BCUT2D eigenvalue weighted by Crippen LogP contribution is -2.29. The third-order valence-electron chi connectivity index (χ3n) is 2.61. The van der Waals surface area contributed by atoms with Gasteiger partial charge in [0, 0.05) is 24.8 Å². The minimum absolute atomic E-state index is 0.345. The number of methoxy groups -OCH3 is 1. The highest BCUT2D eigenvalue weighted by Crippen LogP contribution is 2.23. The Morgan fingerprint density at radius 1 is 1.28 bits per heavy atom. The van der Waals surface area contributed by atoms with Crippen molar-refractivity contribution >= 4 is 34.9 Å². The van der Waals surface area contributed by atoms with Crippen molar-refractivity contribution in [2.45, 2.75) is 6.92 Å². The summed E-state index contributed by atoms with van der Waals surface area (Å²) >= 11 is 11.6. The minimum Gasteiger partial charge on any atom is -0.465 e. The van der Waals surface area contributed by atoms with Crippen LogP contribution in [0.1, 0.15) is 15.9 Å². The first kappa shape index (κ1) is 15.1. The molecule has 0 radical (unpaired) electrons. The van der Waals surface area contributed by atoms with Crippen LogP contribution in [0.5, 0.6) is 0 Å². The summed E-state index contributed by atoms with van der Waals surface area (Å²) in [5.41, 5.74) is 2.37. The van der Waals surface area contributed by atoms with Crippen molar-refractivity contribution < 1.29 is 9.53 Å². The van der Waals surface area contributed by atoms with Crippen LogP contribution in [0.25, 0.3) is 0 Å². The Balaban J connectivity index is 3.15. The number of ether oxygens (including phenoxy) is 1. The Morgan fingerprint density at radius 2 is 1.89 bits per heavy atom. The van der Waals surface area contributed by atoms with Crippen LogP contribution < -0.4 is 4.90 Å². The number of carbonyl (C=O) groups excluding carboxylic acids is 1. The smallest absolute Gasteiger partial charge is 0.339 e. The highest BCUT2D eigenvalue weighted by Gasteiger charge is 2.16. The van der Waals surface area contributed by atoms with Crippen molar-refractivity contribution in [1.29, 1.82) is 0 Å². The van der Waals surface area contributed by atoms with E-state index in [2.05, 4.69) is 0 Å². The molecule has 1 aromatic rings. The van der Waals surface area contributed by atoms with E-state index in [-0.39, 0.29) is 5.97 Å². The molecule has 0 spiro atoms. The molecule has 0 bridgehead atoms. The molecule has 0 fully saturated rings. The van der Waals surface area contributed by atoms with Crippen molar-refractivity contribution in [3.8, 4) is 0 Å². The van der Waals surface area contributed by atoms with Crippen LogP contribution in [0.3, 0.4) is 0 Å². The number of nitrogens with zero attached hydrogens (tertiary/aromatic N) is 1. The summed E-state index contributed by atoms with van der Waals surface area (Å²) in [5, 5.41) is 0. The molecule has 5 heteroatoms. The molecule has 0 aromatic heterocycles. The highest BCUT2D eigenvalue weighted by molar-refractivity contribution is 6.18. The molecule has 0 saturated heterocycles. The number of carbonyl (C=O) groups is 1. The maximum Gasteiger partial charge on any atom is 0.339 e. The van der Waals surface area contributed by atoms with Gasteiger partial charge in [0.25, 0.3) is 0 Å². The zero-order chi connectivity index (χ0) is 13.5. The molecule has 0 aliphatic heterocycles. The maximum absolute atomic E-state index is 11.8. The van der Waals surface area contributed by atoms with Crippen molar-refractivity contribution in [3.05, 3.63) is 29.3 Å². The van der Waals surface area contributed by atoms with E-state index in [1.807, 2.05) is 30.0 Å². The lowest BCUT2D eigenvalue weighted by Gasteiger charge is -2.25. The Kier molecular flexibility index (Phi) is 6.30. The number of anilines is 1. The van der Waals surface area contributed by atoms with E-state index in [1.165, 1.54) is 7.11 Å². The molecule has 0 aliphatic rings. The molecule has 0 atom stereocenters. The molecule has 0 heterocycles. The zero-order valence-electron chi connectivity index (χ0n) is 10.6. The quantitative estimate of drug-likeness (QED) is 0.595. The molecule has 0 amide bonds. The first-order valence-corrected chi connectivity index (χ1v) is 6.76. The predicted octanol–water partition coefficient (Wildman–Crippen LogP) is 3.07. The van der Waals surface area contributed by atoms with Crippen LogP contribution in [-0.2, 0) is 4.74 Å². The summed E-state index contributed by atoms with van der Waals surface area (Å²) in [5.74, 6) is 0.611. The number of benzene rings is 1. The number of hydrogen-bond acceptors (Lipinski definition) is 3. The second kappa shape index (κ2) is 7.49. The second-order valence-electron chi connectivity index (χ2n) is 3.88. The van der Waals surface area contributed by atoms with Gasteiger partial charge in [0.2, 0.25) is 0 Å². The molecule has 0 unspecified atom stereocenters. The number of halogens is 2. The van der Waals surface area contributed by atoms with Crippen molar-refractivity contribution in [1.82, 2.24) is 0 Å². The molecular formula is C13H17Cl2NO2. The third kappa shape index (κ3) is 3.79. The molecule has 3 nitrogen and oxygen atoms in total. The number of alkyl halides is 2. The zero-order valence-corrected chi connectivity index (χ0v) is 12.1. The van der Waals surface area contributed by atoms with E-state index in [0.29, 0.717) is 30.4 Å².